The highest BCUT2D eigenvalue weighted by Gasteiger charge is 2.41. The second-order valence-electron chi connectivity index (χ2n) is 11.0. The molecule has 2 aromatic rings. The Morgan fingerprint density at radius 3 is 2.41 bits per heavy atom. The summed E-state index contributed by atoms with van der Waals surface area (Å²) in [5.41, 5.74) is 0.144. The van der Waals surface area contributed by atoms with E-state index >= 15 is 0 Å². The fourth-order valence-electron chi connectivity index (χ4n) is 5.09. The van der Waals surface area contributed by atoms with Gasteiger partial charge in [-0.3, -0.25) is 9.59 Å². The number of carbonyl (C=O) groups excluding carboxylic acids is 3. The van der Waals surface area contributed by atoms with E-state index in [0.29, 0.717) is 56.2 Å². The Hall–Kier alpha value is -3.21. The largest absolute Gasteiger partial charge is 0.343 e. The fourth-order valence-corrected chi connectivity index (χ4v) is 5.09. The van der Waals surface area contributed by atoms with Crippen LogP contribution in [0.1, 0.15) is 51.8 Å². The van der Waals surface area contributed by atoms with Crippen molar-refractivity contribution in [2.24, 2.45) is 5.41 Å². The summed E-state index contributed by atoms with van der Waals surface area (Å²) >= 11 is 0. The number of fused-ring (bicyclic) bond motifs is 1. The lowest BCUT2D eigenvalue weighted by Gasteiger charge is -2.35. The first kappa shape index (κ1) is 26.8. The lowest BCUT2D eigenvalue weighted by molar-refractivity contribution is -0.140. The molecule has 2 unspecified atom stereocenters. The van der Waals surface area contributed by atoms with Crippen LogP contribution in [-0.4, -0.2) is 69.5 Å². The van der Waals surface area contributed by atoms with Gasteiger partial charge in [0.25, 0.3) is 0 Å². The average molecular weight is 520 g/mol. The predicted octanol–water partition coefficient (Wildman–Crippen LogP) is 3.51. The topological polar surface area (TPSA) is 87.5 Å². The Morgan fingerprint density at radius 1 is 1.08 bits per heavy atom. The number of aromatic nitrogens is 2. The van der Waals surface area contributed by atoms with Gasteiger partial charge < -0.3 is 15.1 Å². The van der Waals surface area contributed by atoms with Crippen LogP contribution in [0.5, 0.6) is 0 Å². The summed E-state index contributed by atoms with van der Waals surface area (Å²) in [5.74, 6) is -3.99. The van der Waals surface area contributed by atoms with Gasteiger partial charge in [0.15, 0.2) is 17.4 Å². The van der Waals surface area contributed by atoms with Gasteiger partial charge in [0.1, 0.15) is 17.6 Å². The molecule has 2 aliphatic rings. The Kier molecular flexibility index (Phi) is 7.20. The molecule has 37 heavy (non-hydrogen) atoms. The molecule has 1 aromatic heterocycles. The zero-order valence-electron chi connectivity index (χ0n) is 21.7. The van der Waals surface area contributed by atoms with Crippen molar-refractivity contribution in [3.8, 4) is 11.3 Å². The first-order chi connectivity index (χ1) is 17.3. The average Bonchev–Trinajstić information content (AvgIpc) is 3.44. The van der Waals surface area contributed by atoms with E-state index in [1.165, 1.54) is 11.8 Å². The van der Waals surface area contributed by atoms with Gasteiger partial charge in [0.05, 0.1) is 11.7 Å². The smallest absolute Gasteiger partial charge is 0.331 e. The molecular weight excluding hydrogens is 487 g/mol. The summed E-state index contributed by atoms with van der Waals surface area (Å²) in [5, 5.41) is 7.12. The van der Waals surface area contributed by atoms with Crippen LogP contribution < -0.4 is 5.32 Å². The van der Waals surface area contributed by atoms with Crippen LogP contribution in [0.25, 0.3) is 11.3 Å². The van der Waals surface area contributed by atoms with Crippen molar-refractivity contribution in [3.63, 3.8) is 0 Å². The highest BCUT2D eigenvalue weighted by molar-refractivity contribution is 5.93. The molecular formula is C26H32F3N5O3. The summed E-state index contributed by atoms with van der Waals surface area (Å²) in [7, 11) is 1.85. The van der Waals surface area contributed by atoms with E-state index in [-0.39, 0.29) is 22.9 Å². The number of rotatable bonds is 4. The predicted molar refractivity (Wildman–Crippen MR) is 130 cm³/mol. The minimum absolute atomic E-state index is 0.0444. The van der Waals surface area contributed by atoms with E-state index in [4.69, 9.17) is 0 Å². The third kappa shape index (κ3) is 5.14. The van der Waals surface area contributed by atoms with E-state index in [0.717, 1.165) is 10.7 Å². The van der Waals surface area contributed by atoms with E-state index in [1.54, 1.807) is 0 Å². The maximum atomic E-state index is 14.7. The van der Waals surface area contributed by atoms with Crippen molar-refractivity contribution >= 4 is 17.7 Å². The SMILES string of the molecule is CC(=O)C1CCCN1C(=O)C(NC(=O)n1nc(-c2cc(F)c(F)cc2F)c2c1CCN(C)C2)C(C)(C)C. The molecule has 0 saturated carbocycles. The number of benzene rings is 1. The number of amides is 2. The van der Waals surface area contributed by atoms with Crippen molar-refractivity contribution in [3.05, 3.63) is 40.8 Å². The quantitative estimate of drug-likeness (QED) is 0.625. The van der Waals surface area contributed by atoms with Gasteiger partial charge in [-0.1, -0.05) is 20.8 Å². The number of nitrogens with one attached hydrogen (secondary N) is 1. The fraction of sp³-hybridized carbons (Fsp3) is 0.538. The number of ketones is 1. The van der Waals surface area contributed by atoms with Gasteiger partial charge in [-0.15, -0.1) is 0 Å². The van der Waals surface area contributed by atoms with Gasteiger partial charge in [-0.2, -0.15) is 9.78 Å². The Bertz CT molecular complexity index is 1250. The highest BCUT2D eigenvalue weighted by atomic mass is 19.2. The van der Waals surface area contributed by atoms with Crippen LogP contribution in [0.4, 0.5) is 18.0 Å². The molecule has 1 fully saturated rings. The van der Waals surface area contributed by atoms with Crippen molar-refractivity contribution < 1.29 is 27.6 Å². The van der Waals surface area contributed by atoms with Crippen LogP contribution in [-0.2, 0) is 22.6 Å². The normalized spacial score (nSPS) is 19.0. The first-order valence-corrected chi connectivity index (χ1v) is 12.4. The summed E-state index contributed by atoms with van der Waals surface area (Å²) in [4.78, 5) is 42.7. The molecule has 2 atom stereocenters. The molecule has 0 bridgehead atoms. The van der Waals surface area contributed by atoms with Crippen LogP contribution in [0.3, 0.4) is 0 Å². The molecule has 1 aromatic carbocycles. The molecule has 1 saturated heterocycles. The maximum Gasteiger partial charge on any atom is 0.343 e. The Balaban J connectivity index is 1.72. The molecule has 4 rings (SSSR count). The van der Waals surface area contributed by atoms with Crippen molar-refractivity contribution in [2.45, 2.75) is 65.6 Å². The van der Waals surface area contributed by atoms with Crippen molar-refractivity contribution in [1.82, 2.24) is 24.9 Å². The van der Waals surface area contributed by atoms with Crippen molar-refractivity contribution in [1.29, 1.82) is 0 Å². The van der Waals surface area contributed by atoms with Gasteiger partial charge in [-0.05, 0) is 38.3 Å². The molecule has 2 aliphatic heterocycles. The minimum Gasteiger partial charge on any atom is -0.331 e. The number of carbonyl (C=O) groups is 3. The van der Waals surface area contributed by atoms with Crippen LogP contribution >= 0.6 is 0 Å². The second-order valence-corrected chi connectivity index (χ2v) is 11.0. The molecule has 3 heterocycles. The monoisotopic (exact) mass is 519 g/mol. The van der Waals surface area contributed by atoms with Crippen LogP contribution in [0, 0.1) is 22.9 Å². The molecule has 8 nitrogen and oxygen atoms in total. The van der Waals surface area contributed by atoms with Crippen LogP contribution in [0.15, 0.2) is 12.1 Å². The highest BCUT2D eigenvalue weighted by Crippen LogP contribution is 2.33. The lowest BCUT2D eigenvalue weighted by Crippen LogP contribution is -2.57. The van der Waals surface area contributed by atoms with Gasteiger partial charge in [-0.25, -0.2) is 18.0 Å². The van der Waals surface area contributed by atoms with Gasteiger partial charge in [0, 0.05) is 43.2 Å². The summed E-state index contributed by atoms with van der Waals surface area (Å²) in [6.07, 6.45) is 1.68. The molecule has 2 amide bonds. The summed E-state index contributed by atoms with van der Waals surface area (Å²) < 4.78 is 43.4. The standard InChI is InChI=1S/C26H32F3N5O3/c1-14(35)20-7-6-9-33(20)24(36)23(26(2,3)4)30-25(37)34-21-8-10-32(5)13-16(21)22(31-34)15-11-18(28)19(29)12-17(15)27/h11-12,20,23H,6-10,13H2,1-5H3,(H,30,37). The number of likely N-dealkylation sites (tertiary alicyclic amines) is 1. The molecule has 0 aliphatic carbocycles. The second kappa shape index (κ2) is 9.92. The molecule has 200 valence electrons. The lowest BCUT2D eigenvalue weighted by atomic mass is 9.85. The van der Waals surface area contributed by atoms with Gasteiger partial charge in [0.2, 0.25) is 5.91 Å². The summed E-state index contributed by atoms with van der Waals surface area (Å²) in [6, 6.07) is -0.985. The number of halogens is 3. The van der Waals surface area contributed by atoms with E-state index in [2.05, 4.69) is 10.4 Å². The third-order valence-corrected chi connectivity index (χ3v) is 7.09. The molecule has 0 spiro atoms. The van der Waals surface area contributed by atoms with Crippen molar-refractivity contribution in [2.75, 3.05) is 20.1 Å². The molecule has 11 heteroatoms. The van der Waals surface area contributed by atoms with Crippen LogP contribution in [0.2, 0.25) is 0 Å². The Labute approximate surface area is 213 Å². The Morgan fingerprint density at radius 2 is 1.76 bits per heavy atom. The van der Waals surface area contributed by atoms with E-state index in [1.807, 2.05) is 32.7 Å². The number of Topliss-reactive ketones (excluding diaryl/α,β-unsaturated/α-hetero) is 1. The maximum absolute atomic E-state index is 14.7. The number of nitrogens with zero attached hydrogens (tertiary/aromatic N) is 4. The number of hydrogen-bond donors (Lipinski definition) is 1. The van der Waals surface area contributed by atoms with Gasteiger partial charge >= 0.3 is 6.03 Å². The molecule has 0 radical (unpaired) electrons. The number of likely N-dealkylation sites (N-methyl/N-ethyl adjacent to an activating group) is 1. The third-order valence-electron chi connectivity index (χ3n) is 7.09. The van der Waals surface area contributed by atoms with E-state index < -0.39 is 41.0 Å². The zero-order chi connectivity index (χ0) is 27.2. The van der Waals surface area contributed by atoms with E-state index in [9.17, 15) is 27.6 Å². The first-order valence-electron chi connectivity index (χ1n) is 12.4. The number of hydrogen-bond acceptors (Lipinski definition) is 5. The molecule has 1 N–H and O–H groups in total. The summed E-state index contributed by atoms with van der Waals surface area (Å²) in [6.45, 7) is 8.23. The zero-order valence-corrected chi connectivity index (χ0v) is 21.7. The minimum atomic E-state index is -1.32.